The Bertz CT molecular complexity index is 307. The molecule has 1 heterocycles. The maximum Gasteiger partial charge on any atom is 0.372 e. The van der Waals surface area contributed by atoms with Crippen LogP contribution in [0.3, 0.4) is 0 Å². The van der Waals surface area contributed by atoms with Crippen molar-refractivity contribution in [3.63, 3.8) is 0 Å². The van der Waals surface area contributed by atoms with Crippen molar-refractivity contribution in [1.82, 2.24) is 19.1 Å². The number of hydrogen-bond acceptors (Lipinski definition) is 4. The van der Waals surface area contributed by atoms with Crippen LogP contribution in [0.1, 0.15) is 69.2 Å². The summed E-state index contributed by atoms with van der Waals surface area (Å²) in [6.07, 6.45) is 0. The van der Waals surface area contributed by atoms with Crippen LogP contribution in [0.2, 0.25) is 0 Å². The molecule has 0 aromatic carbocycles. The Hall–Kier alpha value is 0.0569. The third-order valence-corrected chi connectivity index (χ3v) is 9.10. The molecule has 5 heteroatoms. The van der Waals surface area contributed by atoms with Crippen LogP contribution in [0.4, 0.5) is 0 Å². The molecule has 1 saturated heterocycles. The summed E-state index contributed by atoms with van der Waals surface area (Å²) in [4.78, 5) is 8.06. The second kappa shape index (κ2) is 6.28. The predicted octanol–water partition coefficient (Wildman–Crippen LogP) is 2.63. The van der Waals surface area contributed by atoms with Gasteiger partial charge >= 0.3 is 8.72 Å². The van der Waals surface area contributed by atoms with Gasteiger partial charge in [-0.05, 0) is 41.5 Å². The molecular formula is C16H38N4Si. The van der Waals surface area contributed by atoms with Gasteiger partial charge in [-0.3, -0.25) is 19.1 Å². The van der Waals surface area contributed by atoms with Gasteiger partial charge in [-0.1, -0.05) is 27.7 Å². The topological polar surface area (TPSA) is 30.5 Å². The van der Waals surface area contributed by atoms with Crippen molar-refractivity contribution in [2.45, 2.75) is 92.4 Å². The van der Waals surface area contributed by atoms with Crippen LogP contribution in [0.5, 0.6) is 0 Å². The number of nitrogens with one attached hydrogen (secondary N) is 2. The zero-order chi connectivity index (χ0) is 16.6. The molecule has 21 heavy (non-hydrogen) atoms. The van der Waals surface area contributed by atoms with Gasteiger partial charge < -0.3 is 0 Å². The quantitative estimate of drug-likeness (QED) is 0.781. The molecule has 0 amide bonds. The fraction of sp³-hybridized carbons (Fsp3) is 1.00. The molecule has 1 aliphatic rings. The number of nitrogens with zero attached hydrogens (tertiary/aromatic N) is 2. The van der Waals surface area contributed by atoms with Crippen molar-refractivity contribution in [2.75, 3.05) is 13.1 Å². The average Bonchev–Trinajstić information content (AvgIpc) is 2.50. The standard InChI is InChI=1S/C16H38N4Si/c1-13(2)19-11-12-20(14(3)4)21(19,17-15(5,6)7)18-16(8,9)10/h13-14,17-18H,11-12H2,1-10H3. The Labute approximate surface area is 134 Å². The van der Waals surface area contributed by atoms with E-state index < -0.39 is 8.72 Å². The predicted molar refractivity (Wildman–Crippen MR) is 95.2 cm³/mol. The second-order valence-corrected chi connectivity index (χ2v) is 12.0. The fourth-order valence-corrected chi connectivity index (χ4v) is 8.73. The molecule has 1 rings (SSSR count). The van der Waals surface area contributed by atoms with Crippen molar-refractivity contribution in [1.29, 1.82) is 0 Å². The van der Waals surface area contributed by atoms with Crippen LogP contribution in [0, 0.1) is 0 Å². The van der Waals surface area contributed by atoms with E-state index in [4.69, 9.17) is 0 Å². The Morgan fingerprint density at radius 1 is 0.714 bits per heavy atom. The Morgan fingerprint density at radius 2 is 1.00 bits per heavy atom. The maximum atomic E-state index is 4.03. The van der Waals surface area contributed by atoms with Crippen LogP contribution in [0.25, 0.3) is 0 Å². The first kappa shape index (κ1) is 19.1. The van der Waals surface area contributed by atoms with Crippen LogP contribution in [0.15, 0.2) is 0 Å². The van der Waals surface area contributed by atoms with E-state index in [9.17, 15) is 0 Å². The summed E-state index contributed by atoms with van der Waals surface area (Å²) in [5, 5.41) is 0. The van der Waals surface area contributed by atoms with Gasteiger partial charge in [0.25, 0.3) is 0 Å². The van der Waals surface area contributed by atoms with Crippen LogP contribution in [-0.2, 0) is 0 Å². The highest BCUT2D eigenvalue weighted by Gasteiger charge is 2.56. The van der Waals surface area contributed by atoms with Crippen molar-refractivity contribution in [3.05, 3.63) is 0 Å². The molecule has 1 aliphatic heterocycles. The highest BCUT2D eigenvalue weighted by molar-refractivity contribution is 6.70. The molecule has 0 bridgehead atoms. The maximum absolute atomic E-state index is 4.03. The van der Waals surface area contributed by atoms with E-state index in [0.29, 0.717) is 12.1 Å². The van der Waals surface area contributed by atoms with Gasteiger partial charge in [-0.15, -0.1) is 0 Å². The molecule has 2 N–H and O–H groups in total. The van der Waals surface area contributed by atoms with Crippen LogP contribution in [-0.4, -0.2) is 54.1 Å². The summed E-state index contributed by atoms with van der Waals surface area (Å²) in [7, 11) is -2.12. The first-order valence-electron chi connectivity index (χ1n) is 8.41. The lowest BCUT2D eigenvalue weighted by Crippen LogP contribution is -2.84. The van der Waals surface area contributed by atoms with Crippen molar-refractivity contribution >= 4 is 8.72 Å². The molecular weight excluding hydrogens is 276 g/mol. The van der Waals surface area contributed by atoms with Crippen LogP contribution < -0.4 is 9.96 Å². The van der Waals surface area contributed by atoms with E-state index >= 15 is 0 Å². The molecule has 1 fully saturated rings. The van der Waals surface area contributed by atoms with Gasteiger partial charge in [0.05, 0.1) is 0 Å². The highest BCUT2D eigenvalue weighted by Crippen LogP contribution is 2.27. The van der Waals surface area contributed by atoms with E-state index in [1.807, 2.05) is 0 Å². The summed E-state index contributed by atoms with van der Waals surface area (Å²) in [6.45, 7) is 25.2. The van der Waals surface area contributed by atoms with E-state index in [2.05, 4.69) is 88.3 Å². The Balaban J connectivity index is 3.30. The molecule has 0 spiro atoms. The summed E-state index contributed by atoms with van der Waals surface area (Å²) >= 11 is 0. The molecule has 0 atom stereocenters. The molecule has 0 aromatic heterocycles. The fourth-order valence-electron chi connectivity index (χ4n) is 3.33. The minimum absolute atomic E-state index is 0.0924. The van der Waals surface area contributed by atoms with E-state index in [-0.39, 0.29) is 11.1 Å². The molecule has 0 radical (unpaired) electrons. The average molecular weight is 315 g/mol. The molecule has 4 nitrogen and oxygen atoms in total. The lowest BCUT2D eigenvalue weighted by Gasteiger charge is -2.50. The minimum atomic E-state index is -2.12. The Morgan fingerprint density at radius 3 is 1.19 bits per heavy atom. The lowest BCUT2D eigenvalue weighted by molar-refractivity contribution is 0.299. The van der Waals surface area contributed by atoms with Crippen molar-refractivity contribution in [2.24, 2.45) is 0 Å². The normalized spacial score (nSPS) is 21.7. The van der Waals surface area contributed by atoms with E-state index in [0.717, 1.165) is 13.1 Å². The first-order chi connectivity index (χ1) is 9.28. The van der Waals surface area contributed by atoms with Crippen molar-refractivity contribution in [3.8, 4) is 0 Å². The highest BCUT2D eigenvalue weighted by atomic mass is 28.4. The van der Waals surface area contributed by atoms with Gasteiger partial charge in [-0.2, -0.15) is 0 Å². The lowest BCUT2D eigenvalue weighted by atomic mass is 10.1. The third-order valence-electron chi connectivity index (χ3n) is 3.76. The summed E-state index contributed by atoms with van der Waals surface area (Å²) < 4.78 is 5.40. The third kappa shape index (κ3) is 4.76. The number of hydrogen-bond donors (Lipinski definition) is 2. The van der Waals surface area contributed by atoms with Gasteiger partial charge in [0.2, 0.25) is 0 Å². The summed E-state index contributed by atoms with van der Waals surface area (Å²) in [5.74, 6) is 0. The molecule has 0 unspecified atom stereocenters. The molecule has 126 valence electrons. The van der Waals surface area contributed by atoms with E-state index in [1.54, 1.807) is 0 Å². The largest absolute Gasteiger partial charge is 0.372 e. The Kier molecular flexibility index (Phi) is 5.71. The monoisotopic (exact) mass is 314 g/mol. The molecule has 0 aliphatic carbocycles. The smallest absolute Gasteiger partial charge is 0.296 e. The van der Waals surface area contributed by atoms with Gasteiger partial charge in [-0.25, -0.2) is 0 Å². The van der Waals surface area contributed by atoms with Gasteiger partial charge in [0, 0.05) is 36.3 Å². The van der Waals surface area contributed by atoms with Gasteiger partial charge in [0.1, 0.15) is 0 Å². The van der Waals surface area contributed by atoms with E-state index in [1.165, 1.54) is 0 Å². The van der Waals surface area contributed by atoms with Gasteiger partial charge in [0.15, 0.2) is 0 Å². The summed E-state index contributed by atoms with van der Waals surface area (Å²) in [5.41, 5.74) is 0.185. The van der Waals surface area contributed by atoms with Crippen molar-refractivity contribution < 1.29 is 0 Å². The zero-order valence-electron chi connectivity index (χ0n) is 16.0. The van der Waals surface area contributed by atoms with Crippen LogP contribution >= 0.6 is 0 Å². The molecule has 0 aromatic rings. The number of rotatable bonds is 4. The SMILES string of the molecule is CC(C)N1CCN(C(C)C)[Si]1(NC(C)(C)C)NC(C)(C)C. The zero-order valence-corrected chi connectivity index (χ0v) is 17.0. The molecule has 0 saturated carbocycles. The second-order valence-electron chi connectivity index (χ2n) is 9.00. The first-order valence-corrected chi connectivity index (χ1v) is 10.3. The summed E-state index contributed by atoms with van der Waals surface area (Å²) in [6, 6.07) is 1.09. The minimum Gasteiger partial charge on any atom is -0.296 e.